The van der Waals surface area contributed by atoms with Gasteiger partial charge in [-0.15, -0.1) is 0 Å². The molecule has 0 saturated heterocycles. The first kappa shape index (κ1) is 15.1. The third kappa shape index (κ3) is 2.21. The number of ether oxygens (including phenoxy) is 2. The predicted molar refractivity (Wildman–Crippen MR) is 82.1 cm³/mol. The van der Waals surface area contributed by atoms with Gasteiger partial charge in [0.1, 0.15) is 18.6 Å². The topological polar surface area (TPSA) is 52.6 Å². The Morgan fingerprint density at radius 2 is 2.18 bits per heavy atom. The Morgan fingerprint density at radius 3 is 2.86 bits per heavy atom. The molecule has 22 heavy (non-hydrogen) atoms. The molecule has 4 nitrogen and oxygen atoms in total. The van der Waals surface area contributed by atoms with Crippen molar-refractivity contribution in [3.63, 3.8) is 0 Å². The number of fused-ring (bicyclic) bond motifs is 3. The molecule has 0 unspecified atom stereocenters. The van der Waals surface area contributed by atoms with E-state index < -0.39 is 0 Å². The van der Waals surface area contributed by atoms with Crippen LogP contribution in [0.3, 0.4) is 0 Å². The summed E-state index contributed by atoms with van der Waals surface area (Å²) in [6.45, 7) is 4.84. The van der Waals surface area contributed by atoms with E-state index in [-0.39, 0.29) is 11.4 Å². The van der Waals surface area contributed by atoms with Gasteiger partial charge in [-0.25, -0.2) is 4.79 Å². The first-order valence-corrected chi connectivity index (χ1v) is 7.82. The van der Waals surface area contributed by atoms with Crippen LogP contribution in [0.1, 0.15) is 53.7 Å². The van der Waals surface area contributed by atoms with Gasteiger partial charge in [0, 0.05) is 12.0 Å². The van der Waals surface area contributed by atoms with Crippen LogP contribution in [-0.4, -0.2) is 19.4 Å². The predicted octanol–water partition coefficient (Wildman–Crippen LogP) is 3.09. The van der Waals surface area contributed by atoms with Crippen molar-refractivity contribution in [2.75, 3.05) is 7.11 Å². The van der Waals surface area contributed by atoms with E-state index in [4.69, 9.17) is 9.47 Å². The monoisotopic (exact) mass is 302 g/mol. The Labute approximate surface area is 130 Å². The zero-order valence-corrected chi connectivity index (χ0v) is 13.4. The summed E-state index contributed by atoms with van der Waals surface area (Å²) in [5.74, 6) is 0.992. The first-order chi connectivity index (χ1) is 10.5. The molecule has 1 aromatic carbocycles. The molecule has 1 heterocycles. The lowest BCUT2D eigenvalue weighted by molar-refractivity contribution is -0.108. The number of aldehydes is 1. The molecule has 1 aliphatic carbocycles. The lowest BCUT2D eigenvalue weighted by Crippen LogP contribution is -2.35. The molecule has 0 spiro atoms. The number of benzene rings is 1. The van der Waals surface area contributed by atoms with Crippen LogP contribution in [0.25, 0.3) is 0 Å². The number of cyclic esters (lactones) is 1. The van der Waals surface area contributed by atoms with Crippen molar-refractivity contribution in [3.05, 3.63) is 28.3 Å². The summed E-state index contributed by atoms with van der Waals surface area (Å²) >= 11 is 0. The number of methoxy groups -OCH3 is 1. The SMILES string of the molecule is COc1cc2c(c3c1C[C@H](C)[C@](C)(CCC=O)C3)COC2=O. The van der Waals surface area contributed by atoms with Gasteiger partial charge in [-0.1, -0.05) is 13.8 Å². The maximum absolute atomic E-state index is 11.9. The number of rotatable bonds is 4. The number of hydrogen-bond acceptors (Lipinski definition) is 4. The van der Waals surface area contributed by atoms with E-state index >= 15 is 0 Å². The largest absolute Gasteiger partial charge is 0.496 e. The molecule has 3 rings (SSSR count). The molecule has 2 atom stereocenters. The van der Waals surface area contributed by atoms with Crippen LogP contribution in [0.2, 0.25) is 0 Å². The van der Waals surface area contributed by atoms with Crippen LogP contribution in [0.15, 0.2) is 6.07 Å². The van der Waals surface area contributed by atoms with Crippen molar-refractivity contribution in [1.29, 1.82) is 0 Å². The van der Waals surface area contributed by atoms with Crippen LogP contribution in [0.4, 0.5) is 0 Å². The van der Waals surface area contributed by atoms with Gasteiger partial charge < -0.3 is 14.3 Å². The highest BCUT2D eigenvalue weighted by Gasteiger charge is 2.40. The van der Waals surface area contributed by atoms with E-state index in [2.05, 4.69) is 13.8 Å². The molecular formula is C18H22O4. The average molecular weight is 302 g/mol. The smallest absolute Gasteiger partial charge is 0.339 e. The minimum Gasteiger partial charge on any atom is -0.496 e. The Balaban J connectivity index is 2.09. The van der Waals surface area contributed by atoms with E-state index in [1.165, 1.54) is 11.1 Å². The Morgan fingerprint density at radius 1 is 1.41 bits per heavy atom. The molecule has 2 aliphatic rings. The minimum atomic E-state index is -0.260. The normalized spacial score (nSPS) is 26.1. The molecular weight excluding hydrogens is 280 g/mol. The summed E-state index contributed by atoms with van der Waals surface area (Å²) in [7, 11) is 1.65. The first-order valence-electron chi connectivity index (χ1n) is 7.82. The molecule has 118 valence electrons. The molecule has 0 bridgehead atoms. The van der Waals surface area contributed by atoms with Gasteiger partial charge in [-0.3, -0.25) is 0 Å². The van der Waals surface area contributed by atoms with Crippen molar-refractivity contribution in [2.45, 2.75) is 46.1 Å². The fraction of sp³-hybridized carbons (Fsp3) is 0.556. The Kier molecular flexibility index (Phi) is 3.71. The summed E-state index contributed by atoms with van der Waals surface area (Å²) in [6.07, 6.45) is 4.23. The van der Waals surface area contributed by atoms with Crippen molar-refractivity contribution in [1.82, 2.24) is 0 Å². The second-order valence-electron chi connectivity index (χ2n) is 6.78. The molecule has 1 aliphatic heterocycles. The second-order valence-corrected chi connectivity index (χ2v) is 6.78. The number of carbonyl (C=O) groups excluding carboxylic acids is 2. The van der Waals surface area contributed by atoms with Gasteiger partial charge in [0.25, 0.3) is 0 Å². The summed E-state index contributed by atoms with van der Waals surface area (Å²) in [5, 5.41) is 0. The van der Waals surface area contributed by atoms with Crippen LogP contribution >= 0.6 is 0 Å². The number of carbonyl (C=O) groups is 2. The van der Waals surface area contributed by atoms with E-state index in [1.807, 2.05) is 6.07 Å². The van der Waals surface area contributed by atoms with Crippen LogP contribution in [0, 0.1) is 11.3 Å². The Bertz CT molecular complexity index is 634. The van der Waals surface area contributed by atoms with Crippen molar-refractivity contribution >= 4 is 12.3 Å². The van der Waals surface area contributed by atoms with Gasteiger partial charge in [-0.2, -0.15) is 0 Å². The van der Waals surface area contributed by atoms with Crippen molar-refractivity contribution in [3.8, 4) is 5.75 Å². The zero-order valence-electron chi connectivity index (χ0n) is 13.4. The third-order valence-electron chi connectivity index (χ3n) is 5.53. The molecule has 1 aromatic rings. The van der Waals surface area contributed by atoms with Crippen LogP contribution in [-0.2, 0) is 29.0 Å². The van der Waals surface area contributed by atoms with Gasteiger partial charge in [-0.05, 0) is 47.8 Å². The molecule has 0 amide bonds. The number of esters is 1. The fourth-order valence-electron chi connectivity index (χ4n) is 3.83. The maximum atomic E-state index is 11.9. The van der Waals surface area contributed by atoms with Gasteiger partial charge in [0.15, 0.2) is 0 Å². The average Bonchev–Trinajstić information content (AvgIpc) is 2.87. The standard InChI is InChI=1S/C18H22O4/c1-11-7-12-14(9-18(11,2)5-4-6-19)15-10-22-17(20)13(15)8-16(12)21-3/h6,8,11H,4-5,7,9-10H2,1-3H3/t11-,18+/m0/s1. The summed E-state index contributed by atoms with van der Waals surface area (Å²) in [4.78, 5) is 22.7. The van der Waals surface area contributed by atoms with Gasteiger partial charge in [0.2, 0.25) is 0 Å². The van der Waals surface area contributed by atoms with E-state index in [1.54, 1.807) is 7.11 Å². The van der Waals surface area contributed by atoms with E-state index in [9.17, 15) is 9.59 Å². The summed E-state index contributed by atoms with van der Waals surface area (Å²) < 4.78 is 10.7. The lowest BCUT2D eigenvalue weighted by Gasteiger charge is -2.41. The Hall–Kier alpha value is -1.84. The third-order valence-corrected chi connectivity index (χ3v) is 5.53. The number of hydrogen-bond donors (Lipinski definition) is 0. The quantitative estimate of drug-likeness (QED) is 0.633. The van der Waals surface area contributed by atoms with Gasteiger partial charge >= 0.3 is 5.97 Å². The van der Waals surface area contributed by atoms with Crippen molar-refractivity contribution < 1.29 is 19.1 Å². The highest BCUT2D eigenvalue weighted by Crippen LogP contribution is 2.48. The van der Waals surface area contributed by atoms with E-state index in [0.717, 1.165) is 36.9 Å². The fourth-order valence-corrected chi connectivity index (χ4v) is 3.83. The lowest BCUT2D eigenvalue weighted by atomic mass is 9.63. The second kappa shape index (κ2) is 5.41. The van der Waals surface area contributed by atoms with Gasteiger partial charge in [0.05, 0.1) is 12.7 Å². The molecule has 0 aromatic heterocycles. The maximum Gasteiger partial charge on any atom is 0.339 e. The summed E-state index contributed by atoms with van der Waals surface area (Å²) in [6, 6.07) is 1.82. The van der Waals surface area contributed by atoms with Crippen molar-refractivity contribution in [2.24, 2.45) is 11.3 Å². The highest BCUT2D eigenvalue weighted by atomic mass is 16.5. The summed E-state index contributed by atoms with van der Waals surface area (Å²) in [5.41, 5.74) is 4.13. The molecule has 0 fully saturated rings. The molecule has 0 saturated carbocycles. The van der Waals surface area contributed by atoms with Crippen LogP contribution < -0.4 is 4.74 Å². The molecule has 0 radical (unpaired) electrons. The molecule has 0 N–H and O–H groups in total. The minimum absolute atomic E-state index is 0.0691. The van der Waals surface area contributed by atoms with Crippen LogP contribution in [0.5, 0.6) is 5.75 Å². The zero-order chi connectivity index (χ0) is 15.9. The highest BCUT2D eigenvalue weighted by molar-refractivity contribution is 5.94. The molecule has 4 heteroatoms. The van der Waals surface area contributed by atoms with E-state index in [0.29, 0.717) is 24.5 Å².